The summed E-state index contributed by atoms with van der Waals surface area (Å²) in [4.78, 5) is 19.6. The van der Waals surface area contributed by atoms with Gasteiger partial charge in [-0.05, 0) is 41.5 Å². The van der Waals surface area contributed by atoms with Crippen LogP contribution in [0.2, 0.25) is 5.02 Å². The molecule has 4 aromatic rings. The summed E-state index contributed by atoms with van der Waals surface area (Å²) in [7, 11) is 0. The molecule has 2 aromatic carbocycles. The molecule has 0 saturated carbocycles. The highest BCUT2D eigenvalue weighted by molar-refractivity contribution is 6.30. The van der Waals surface area contributed by atoms with E-state index in [0.717, 1.165) is 16.8 Å². The van der Waals surface area contributed by atoms with E-state index < -0.39 is 11.4 Å². The molecule has 0 saturated heterocycles. The third-order valence-electron chi connectivity index (χ3n) is 5.14. The van der Waals surface area contributed by atoms with Crippen LogP contribution in [0.25, 0.3) is 11.5 Å². The highest BCUT2D eigenvalue weighted by Crippen LogP contribution is 2.44. The monoisotopic (exact) mass is 451 g/mol. The van der Waals surface area contributed by atoms with Gasteiger partial charge in [-0.15, -0.1) is 5.10 Å². The van der Waals surface area contributed by atoms with Crippen LogP contribution in [0.4, 0.5) is 5.69 Å². The maximum absolute atomic E-state index is 13.3. The summed E-state index contributed by atoms with van der Waals surface area (Å²) in [5, 5.41) is 12.3. The van der Waals surface area contributed by atoms with Crippen LogP contribution in [0.5, 0.6) is 0 Å². The molecule has 0 N–H and O–H groups in total. The Balaban J connectivity index is 1.46. The average molecular weight is 452 g/mol. The maximum Gasteiger partial charge on any atom is 0.295 e. The number of nitrogens with zero attached hydrogens (tertiary/aromatic N) is 5. The van der Waals surface area contributed by atoms with Crippen molar-refractivity contribution < 1.29 is 9.32 Å². The van der Waals surface area contributed by atoms with E-state index in [1.54, 1.807) is 18.3 Å². The Labute approximate surface area is 187 Å². The maximum atomic E-state index is 13.3. The summed E-state index contributed by atoms with van der Waals surface area (Å²) in [6.45, 7) is 0.529. The SMILES string of the molecule is O=C(c1nc(-c2cccnn2)no1)C1c2ccccc2N(Cc2ccc(Cl)cc2)C1Cl. The van der Waals surface area contributed by atoms with Crippen molar-refractivity contribution in [3.8, 4) is 11.5 Å². The van der Waals surface area contributed by atoms with Crippen LogP contribution in [0.3, 0.4) is 0 Å². The lowest BCUT2D eigenvalue weighted by Crippen LogP contribution is -2.32. The molecular weight excluding hydrogens is 437 g/mol. The van der Waals surface area contributed by atoms with Crippen molar-refractivity contribution in [2.45, 2.75) is 18.0 Å². The molecule has 9 heteroatoms. The number of benzene rings is 2. The van der Waals surface area contributed by atoms with Crippen LogP contribution in [-0.4, -0.2) is 31.6 Å². The van der Waals surface area contributed by atoms with Crippen molar-refractivity contribution in [3.63, 3.8) is 0 Å². The number of alkyl halides is 1. The number of anilines is 1. The minimum absolute atomic E-state index is 0.112. The van der Waals surface area contributed by atoms with Crippen molar-refractivity contribution in [2.24, 2.45) is 0 Å². The van der Waals surface area contributed by atoms with E-state index in [1.165, 1.54) is 0 Å². The molecule has 2 unspecified atom stereocenters. The van der Waals surface area contributed by atoms with Gasteiger partial charge in [-0.3, -0.25) is 4.79 Å². The van der Waals surface area contributed by atoms with Gasteiger partial charge in [0.2, 0.25) is 11.6 Å². The van der Waals surface area contributed by atoms with E-state index in [9.17, 15) is 4.79 Å². The fraction of sp³-hybridized carbons (Fsp3) is 0.136. The molecule has 1 aliphatic heterocycles. The topological polar surface area (TPSA) is 85.0 Å². The van der Waals surface area contributed by atoms with Gasteiger partial charge in [-0.25, -0.2) is 0 Å². The number of rotatable bonds is 5. The van der Waals surface area contributed by atoms with Gasteiger partial charge in [0.15, 0.2) is 0 Å². The Bertz CT molecular complexity index is 1230. The molecule has 0 radical (unpaired) electrons. The van der Waals surface area contributed by atoms with Crippen LogP contribution < -0.4 is 4.90 Å². The Morgan fingerprint density at radius 1 is 1.06 bits per heavy atom. The molecule has 0 spiro atoms. The quantitative estimate of drug-likeness (QED) is 0.246. The molecule has 0 fully saturated rings. The second kappa shape index (κ2) is 8.09. The summed E-state index contributed by atoms with van der Waals surface area (Å²) in [5.74, 6) is -0.902. The summed E-state index contributed by atoms with van der Waals surface area (Å²) in [5.41, 5.74) is 2.54. The zero-order valence-electron chi connectivity index (χ0n) is 16.0. The summed E-state index contributed by atoms with van der Waals surface area (Å²) < 4.78 is 5.25. The van der Waals surface area contributed by atoms with Crippen LogP contribution in [0.15, 0.2) is 71.4 Å². The summed E-state index contributed by atoms with van der Waals surface area (Å²) in [6.07, 6.45) is 1.54. The fourth-order valence-corrected chi connectivity index (χ4v) is 4.23. The highest BCUT2D eigenvalue weighted by atomic mass is 35.5. The summed E-state index contributed by atoms with van der Waals surface area (Å²) >= 11 is 12.8. The Kier molecular flexibility index (Phi) is 5.13. The Morgan fingerprint density at radius 2 is 1.87 bits per heavy atom. The van der Waals surface area contributed by atoms with Crippen molar-refractivity contribution in [1.29, 1.82) is 0 Å². The minimum Gasteiger partial charge on any atom is -0.350 e. The van der Waals surface area contributed by atoms with Gasteiger partial charge in [0.1, 0.15) is 11.2 Å². The number of ketones is 1. The predicted octanol–water partition coefficient (Wildman–Crippen LogP) is 4.73. The third-order valence-corrected chi connectivity index (χ3v) is 5.88. The molecule has 2 atom stereocenters. The number of hydrogen-bond donors (Lipinski definition) is 0. The number of fused-ring (bicyclic) bond motifs is 1. The van der Waals surface area contributed by atoms with Crippen molar-refractivity contribution >= 4 is 34.7 Å². The normalized spacial score (nSPS) is 17.5. The largest absolute Gasteiger partial charge is 0.350 e. The zero-order chi connectivity index (χ0) is 21.4. The van der Waals surface area contributed by atoms with Crippen LogP contribution >= 0.6 is 23.2 Å². The van der Waals surface area contributed by atoms with E-state index >= 15 is 0 Å². The number of Topliss-reactive ketones (excluding diaryl/α,β-unsaturated/α-hetero) is 1. The molecule has 0 bridgehead atoms. The molecule has 3 heterocycles. The second-order valence-corrected chi connectivity index (χ2v) is 7.94. The lowest BCUT2D eigenvalue weighted by atomic mass is 9.96. The molecule has 154 valence electrons. The lowest BCUT2D eigenvalue weighted by Gasteiger charge is -2.25. The van der Waals surface area contributed by atoms with E-state index in [0.29, 0.717) is 17.3 Å². The van der Waals surface area contributed by atoms with Gasteiger partial charge in [0.25, 0.3) is 5.89 Å². The highest BCUT2D eigenvalue weighted by Gasteiger charge is 2.43. The zero-order valence-corrected chi connectivity index (χ0v) is 17.5. The first-order valence-electron chi connectivity index (χ1n) is 9.52. The van der Waals surface area contributed by atoms with Gasteiger partial charge in [0.05, 0.1) is 5.92 Å². The third kappa shape index (κ3) is 3.66. The molecule has 1 aliphatic rings. The Morgan fingerprint density at radius 3 is 2.65 bits per heavy atom. The van der Waals surface area contributed by atoms with Gasteiger partial charge < -0.3 is 9.42 Å². The molecular formula is C22H15Cl2N5O2. The van der Waals surface area contributed by atoms with E-state index in [2.05, 4.69) is 20.3 Å². The first-order chi connectivity index (χ1) is 15.1. The number of carbonyl (C=O) groups is 1. The van der Waals surface area contributed by atoms with Gasteiger partial charge in [-0.2, -0.15) is 10.1 Å². The molecule has 2 aromatic heterocycles. The van der Waals surface area contributed by atoms with Gasteiger partial charge in [-0.1, -0.05) is 58.7 Å². The van der Waals surface area contributed by atoms with E-state index in [1.807, 2.05) is 53.4 Å². The molecule has 5 rings (SSSR count). The molecule has 7 nitrogen and oxygen atoms in total. The summed E-state index contributed by atoms with van der Waals surface area (Å²) in [6, 6.07) is 18.6. The second-order valence-electron chi connectivity index (χ2n) is 7.06. The minimum atomic E-state index is -0.652. The van der Waals surface area contributed by atoms with Crippen LogP contribution in [-0.2, 0) is 6.54 Å². The van der Waals surface area contributed by atoms with Crippen LogP contribution in [0, 0.1) is 0 Å². The number of aromatic nitrogens is 4. The number of hydrogen-bond acceptors (Lipinski definition) is 7. The number of halogens is 2. The van der Waals surface area contributed by atoms with Crippen molar-refractivity contribution in [2.75, 3.05) is 4.90 Å². The smallest absolute Gasteiger partial charge is 0.295 e. The number of para-hydroxylation sites is 1. The molecule has 0 aliphatic carbocycles. The van der Waals surface area contributed by atoms with Gasteiger partial charge in [0, 0.05) is 23.5 Å². The van der Waals surface area contributed by atoms with Crippen molar-refractivity contribution in [1.82, 2.24) is 20.3 Å². The Hall–Kier alpha value is -3.29. The van der Waals surface area contributed by atoms with E-state index in [-0.39, 0.29) is 17.5 Å². The van der Waals surface area contributed by atoms with E-state index in [4.69, 9.17) is 27.7 Å². The first kappa shape index (κ1) is 19.7. The van der Waals surface area contributed by atoms with Crippen molar-refractivity contribution in [3.05, 3.63) is 88.9 Å². The van der Waals surface area contributed by atoms with Gasteiger partial charge >= 0.3 is 0 Å². The predicted molar refractivity (Wildman–Crippen MR) is 116 cm³/mol. The lowest BCUT2D eigenvalue weighted by molar-refractivity contribution is 0.0917. The van der Waals surface area contributed by atoms with Crippen LogP contribution in [0.1, 0.15) is 27.7 Å². The standard InChI is InChI=1S/C22H15Cl2N5O2/c23-14-9-7-13(8-10-14)12-29-17-6-2-1-4-15(17)18(20(29)24)19(30)22-26-21(28-31-22)16-5-3-11-25-27-16/h1-11,18,20H,12H2. The fourth-order valence-electron chi connectivity index (χ4n) is 3.68. The molecule has 0 amide bonds. The molecule has 31 heavy (non-hydrogen) atoms. The first-order valence-corrected chi connectivity index (χ1v) is 10.3. The number of carbonyl (C=O) groups excluding carboxylic acids is 1. The average Bonchev–Trinajstić information content (AvgIpc) is 3.40.